The van der Waals surface area contributed by atoms with Crippen molar-refractivity contribution < 1.29 is 34.1 Å². The summed E-state index contributed by atoms with van der Waals surface area (Å²) in [5.74, 6) is -1.79. The Bertz CT molecular complexity index is 641. The zero-order valence-electron chi connectivity index (χ0n) is 11.4. The second-order valence-corrected chi connectivity index (χ2v) is 5.00. The maximum Gasteiger partial charge on any atom is 0.330 e. The monoisotopic (exact) mass is 307 g/mol. The Morgan fingerprint density at radius 2 is 1.77 bits per heavy atom. The van der Waals surface area contributed by atoms with Crippen molar-refractivity contribution in [3.8, 4) is 11.5 Å². The molecular formula is C14H13NO7. The van der Waals surface area contributed by atoms with Crippen LogP contribution in [0.1, 0.15) is 24.5 Å². The fourth-order valence-corrected chi connectivity index (χ4v) is 2.57. The summed E-state index contributed by atoms with van der Waals surface area (Å²) in [4.78, 5) is 35.6. The number of fused-ring (bicyclic) bond motifs is 1. The van der Waals surface area contributed by atoms with Gasteiger partial charge in [0.1, 0.15) is 6.10 Å². The summed E-state index contributed by atoms with van der Waals surface area (Å²) >= 11 is 0. The van der Waals surface area contributed by atoms with E-state index in [1.807, 2.05) is 0 Å². The smallest absolute Gasteiger partial charge is 0.330 e. The Hall–Kier alpha value is -2.61. The van der Waals surface area contributed by atoms with E-state index in [2.05, 4.69) is 0 Å². The molecule has 0 aromatic heterocycles. The largest absolute Gasteiger partial charge is 0.480 e. The zero-order chi connectivity index (χ0) is 15.9. The van der Waals surface area contributed by atoms with Crippen molar-refractivity contribution in [1.82, 2.24) is 4.90 Å². The van der Waals surface area contributed by atoms with E-state index in [4.69, 9.17) is 9.47 Å². The highest BCUT2D eigenvalue weighted by Crippen LogP contribution is 2.36. The average molecular weight is 307 g/mol. The van der Waals surface area contributed by atoms with Gasteiger partial charge in [0.2, 0.25) is 18.6 Å². The average Bonchev–Trinajstić information content (AvgIpc) is 3.07. The maximum absolute atomic E-state index is 11.7. The number of nitrogens with zero attached hydrogens (tertiary/aromatic N) is 1. The molecule has 0 radical (unpaired) electrons. The molecule has 2 aliphatic heterocycles. The van der Waals surface area contributed by atoms with Gasteiger partial charge < -0.3 is 19.7 Å². The number of carbonyl (C=O) groups excluding carboxylic acids is 2. The lowest BCUT2D eigenvalue weighted by Gasteiger charge is -2.27. The number of hydrogen-bond donors (Lipinski definition) is 2. The number of imide groups is 1. The second kappa shape index (κ2) is 5.30. The van der Waals surface area contributed by atoms with Crippen LogP contribution in [0.2, 0.25) is 0 Å². The SMILES string of the molecule is O=C(O)C(C(O)c1ccc2c(c1)OCO2)N1C(=O)CCC1=O. The maximum atomic E-state index is 11.7. The number of hydrogen-bond acceptors (Lipinski definition) is 6. The Labute approximate surface area is 124 Å². The molecule has 1 saturated heterocycles. The van der Waals surface area contributed by atoms with Crippen LogP contribution < -0.4 is 9.47 Å². The topological polar surface area (TPSA) is 113 Å². The van der Waals surface area contributed by atoms with E-state index in [-0.39, 0.29) is 25.2 Å². The minimum absolute atomic E-state index is 0.0420. The van der Waals surface area contributed by atoms with Gasteiger partial charge in [-0.05, 0) is 17.7 Å². The molecule has 0 saturated carbocycles. The van der Waals surface area contributed by atoms with Crippen LogP contribution in [0.3, 0.4) is 0 Å². The van der Waals surface area contributed by atoms with Gasteiger partial charge in [0.15, 0.2) is 17.5 Å². The molecule has 0 aliphatic carbocycles. The Balaban J connectivity index is 1.93. The van der Waals surface area contributed by atoms with Crippen molar-refractivity contribution in [3.63, 3.8) is 0 Å². The molecule has 2 N–H and O–H groups in total. The predicted molar refractivity (Wildman–Crippen MR) is 70.0 cm³/mol. The lowest BCUT2D eigenvalue weighted by atomic mass is 10.0. The second-order valence-electron chi connectivity index (χ2n) is 5.00. The molecule has 2 heterocycles. The zero-order valence-corrected chi connectivity index (χ0v) is 11.4. The minimum Gasteiger partial charge on any atom is -0.480 e. The molecule has 1 fully saturated rings. The van der Waals surface area contributed by atoms with Gasteiger partial charge in [-0.2, -0.15) is 0 Å². The lowest BCUT2D eigenvalue weighted by Crippen LogP contribution is -2.48. The van der Waals surface area contributed by atoms with Gasteiger partial charge in [0.05, 0.1) is 0 Å². The van der Waals surface area contributed by atoms with Gasteiger partial charge in [-0.3, -0.25) is 14.5 Å². The molecule has 8 nitrogen and oxygen atoms in total. The van der Waals surface area contributed by atoms with E-state index >= 15 is 0 Å². The van der Waals surface area contributed by atoms with Crippen molar-refractivity contribution in [2.45, 2.75) is 25.0 Å². The first-order valence-corrected chi connectivity index (χ1v) is 6.64. The minimum atomic E-state index is -1.66. The van der Waals surface area contributed by atoms with Crippen LogP contribution in [0.25, 0.3) is 0 Å². The highest BCUT2D eigenvalue weighted by Gasteiger charge is 2.43. The first-order valence-electron chi connectivity index (χ1n) is 6.64. The predicted octanol–water partition coefficient (Wildman–Crippen LogP) is 0.0509. The van der Waals surface area contributed by atoms with Crippen LogP contribution in [-0.4, -0.2) is 45.7 Å². The van der Waals surface area contributed by atoms with Gasteiger partial charge in [-0.25, -0.2) is 4.79 Å². The molecule has 3 rings (SSSR count). The van der Waals surface area contributed by atoms with E-state index in [1.54, 1.807) is 0 Å². The molecular weight excluding hydrogens is 294 g/mol. The van der Waals surface area contributed by atoms with Crippen molar-refractivity contribution in [3.05, 3.63) is 23.8 Å². The number of aliphatic carboxylic acids is 1. The molecule has 1 aromatic carbocycles. The first-order chi connectivity index (χ1) is 10.5. The van der Waals surface area contributed by atoms with E-state index in [0.717, 1.165) is 0 Å². The number of ether oxygens (including phenoxy) is 2. The van der Waals surface area contributed by atoms with E-state index in [0.29, 0.717) is 16.4 Å². The number of carboxylic acids is 1. The number of aliphatic hydroxyl groups is 1. The lowest BCUT2D eigenvalue weighted by molar-refractivity contribution is -0.159. The molecule has 2 amide bonds. The van der Waals surface area contributed by atoms with Crippen LogP contribution in [0.4, 0.5) is 0 Å². The fraction of sp³-hybridized carbons (Fsp3) is 0.357. The Morgan fingerprint density at radius 1 is 1.14 bits per heavy atom. The van der Waals surface area contributed by atoms with Crippen LogP contribution in [-0.2, 0) is 14.4 Å². The standard InChI is InChI=1S/C14H13NO7/c16-10-3-4-11(17)15(10)12(14(19)20)13(18)7-1-2-8-9(5-7)22-6-21-8/h1-2,5,12-13,18H,3-4,6H2,(H,19,20). The van der Waals surface area contributed by atoms with Crippen LogP contribution >= 0.6 is 0 Å². The Kier molecular flexibility index (Phi) is 3.45. The van der Waals surface area contributed by atoms with Gasteiger partial charge in [-0.1, -0.05) is 6.07 Å². The molecule has 0 spiro atoms. The highest BCUT2D eigenvalue weighted by molar-refractivity contribution is 6.05. The summed E-state index contributed by atoms with van der Waals surface area (Å²) in [7, 11) is 0. The normalized spacial score (nSPS) is 19.4. The molecule has 116 valence electrons. The molecule has 0 bridgehead atoms. The summed E-state index contributed by atoms with van der Waals surface area (Å²) in [6, 6.07) is 2.78. The van der Waals surface area contributed by atoms with Crippen molar-refractivity contribution >= 4 is 17.8 Å². The number of amides is 2. The summed E-state index contributed by atoms with van der Waals surface area (Å²) in [5, 5.41) is 19.7. The van der Waals surface area contributed by atoms with Gasteiger partial charge in [0.25, 0.3) is 0 Å². The van der Waals surface area contributed by atoms with Crippen molar-refractivity contribution in [2.75, 3.05) is 6.79 Å². The fourth-order valence-electron chi connectivity index (χ4n) is 2.57. The molecule has 1 aromatic rings. The summed E-state index contributed by atoms with van der Waals surface area (Å²) in [6.45, 7) is 0.0420. The number of carbonyl (C=O) groups is 3. The van der Waals surface area contributed by atoms with Crippen LogP contribution in [0, 0.1) is 0 Å². The molecule has 22 heavy (non-hydrogen) atoms. The van der Waals surface area contributed by atoms with Crippen molar-refractivity contribution in [1.29, 1.82) is 0 Å². The van der Waals surface area contributed by atoms with Crippen LogP contribution in [0.5, 0.6) is 11.5 Å². The summed E-state index contributed by atoms with van der Waals surface area (Å²) < 4.78 is 10.3. The third kappa shape index (κ3) is 2.27. The number of rotatable bonds is 4. The van der Waals surface area contributed by atoms with Gasteiger partial charge in [-0.15, -0.1) is 0 Å². The quantitative estimate of drug-likeness (QED) is 0.755. The number of likely N-dealkylation sites (tertiary alicyclic amines) is 1. The molecule has 2 atom stereocenters. The highest BCUT2D eigenvalue weighted by atomic mass is 16.7. The molecule has 2 unspecified atom stereocenters. The number of aliphatic hydroxyl groups excluding tert-OH is 1. The van der Waals surface area contributed by atoms with Gasteiger partial charge >= 0.3 is 5.97 Å². The summed E-state index contributed by atoms with van der Waals surface area (Å²) in [6.07, 6.45) is -1.65. The molecule has 8 heteroatoms. The van der Waals surface area contributed by atoms with Crippen LogP contribution in [0.15, 0.2) is 18.2 Å². The molecule has 2 aliphatic rings. The number of benzene rings is 1. The van der Waals surface area contributed by atoms with E-state index in [1.165, 1.54) is 18.2 Å². The van der Waals surface area contributed by atoms with E-state index < -0.39 is 29.9 Å². The first kappa shape index (κ1) is 14.3. The van der Waals surface area contributed by atoms with Gasteiger partial charge in [0, 0.05) is 12.8 Å². The summed E-state index contributed by atoms with van der Waals surface area (Å²) in [5.41, 5.74) is 0.226. The van der Waals surface area contributed by atoms with Crippen molar-refractivity contribution in [2.24, 2.45) is 0 Å². The third-order valence-corrected chi connectivity index (χ3v) is 3.66. The number of carboxylic acid groups (broad SMARTS) is 1. The van der Waals surface area contributed by atoms with E-state index in [9.17, 15) is 24.6 Å². The third-order valence-electron chi connectivity index (χ3n) is 3.66. The Morgan fingerprint density at radius 3 is 2.41 bits per heavy atom.